The summed E-state index contributed by atoms with van der Waals surface area (Å²) < 4.78 is 10.1. The summed E-state index contributed by atoms with van der Waals surface area (Å²) in [7, 11) is 1.57. The Morgan fingerprint density at radius 2 is 2.32 bits per heavy atom. The molecule has 0 unspecified atom stereocenters. The number of carbonyl (C=O) groups excluding carboxylic acids is 1. The fourth-order valence-electron chi connectivity index (χ4n) is 2.07. The van der Waals surface area contributed by atoms with Gasteiger partial charge in [0.2, 0.25) is 0 Å². The van der Waals surface area contributed by atoms with Crippen molar-refractivity contribution in [3.05, 3.63) is 34.4 Å². The molecule has 0 amide bonds. The molecule has 2 rings (SSSR count). The van der Waals surface area contributed by atoms with Crippen molar-refractivity contribution in [1.29, 1.82) is 0 Å². The monoisotopic (exact) mass is 281 g/mol. The molecule has 0 aromatic heterocycles. The molecule has 0 aliphatic carbocycles. The molecule has 0 radical (unpaired) electrons. The molecule has 0 saturated carbocycles. The SMILES string of the molecule is CCOC(=O)/C=C1\NCCc2cc(Cl)c(OC)cc21. The van der Waals surface area contributed by atoms with Crippen LogP contribution in [0.15, 0.2) is 18.2 Å². The largest absolute Gasteiger partial charge is 0.495 e. The lowest BCUT2D eigenvalue weighted by Gasteiger charge is -2.22. The Labute approximate surface area is 117 Å². The Morgan fingerprint density at radius 1 is 1.53 bits per heavy atom. The van der Waals surface area contributed by atoms with Crippen LogP contribution in [0.1, 0.15) is 18.1 Å². The fraction of sp³-hybridized carbons (Fsp3) is 0.357. The highest BCUT2D eigenvalue weighted by Crippen LogP contribution is 2.32. The van der Waals surface area contributed by atoms with Gasteiger partial charge in [0, 0.05) is 23.9 Å². The van der Waals surface area contributed by atoms with E-state index in [0.29, 0.717) is 17.4 Å². The molecule has 1 aliphatic heterocycles. The van der Waals surface area contributed by atoms with Crippen LogP contribution in [0.5, 0.6) is 5.75 Å². The molecule has 1 N–H and O–H groups in total. The topological polar surface area (TPSA) is 47.6 Å². The van der Waals surface area contributed by atoms with Gasteiger partial charge in [-0.15, -0.1) is 0 Å². The number of esters is 1. The van der Waals surface area contributed by atoms with Crippen LogP contribution >= 0.6 is 11.6 Å². The minimum absolute atomic E-state index is 0.355. The predicted molar refractivity (Wildman–Crippen MR) is 74.3 cm³/mol. The molecule has 1 aromatic rings. The van der Waals surface area contributed by atoms with E-state index in [-0.39, 0.29) is 5.97 Å². The molecule has 0 saturated heterocycles. The van der Waals surface area contributed by atoms with Crippen LogP contribution in [0.3, 0.4) is 0 Å². The summed E-state index contributed by atoms with van der Waals surface area (Å²) in [6, 6.07) is 3.73. The lowest BCUT2D eigenvalue weighted by molar-refractivity contribution is -0.137. The third-order valence-corrected chi connectivity index (χ3v) is 3.22. The van der Waals surface area contributed by atoms with Gasteiger partial charge in [-0.1, -0.05) is 11.6 Å². The van der Waals surface area contributed by atoms with Crippen molar-refractivity contribution in [2.45, 2.75) is 13.3 Å². The Morgan fingerprint density at radius 3 is 3.00 bits per heavy atom. The molecule has 5 heteroatoms. The Kier molecular flexibility index (Phi) is 4.32. The third kappa shape index (κ3) is 3.01. The first-order valence-electron chi connectivity index (χ1n) is 6.14. The van der Waals surface area contributed by atoms with Crippen molar-refractivity contribution in [2.24, 2.45) is 0 Å². The van der Waals surface area contributed by atoms with E-state index in [2.05, 4.69) is 5.32 Å². The third-order valence-electron chi connectivity index (χ3n) is 2.93. The first-order chi connectivity index (χ1) is 9.15. The molecule has 0 atom stereocenters. The summed E-state index contributed by atoms with van der Waals surface area (Å²) >= 11 is 6.11. The van der Waals surface area contributed by atoms with E-state index in [0.717, 1.165) is 29.8 Å². The highest BCUT2D eigenvalue weighted by molar-refractivity contribution is 6.32. The van der Waals surface area contributed by atoms with Crippen LogP contribution in [0, 0.1) is 0 Å². The number of methoxy groups -OCH3 is 1. The van der Waals surface area contributed by atoms with Gasteiger partial charge in [0.1, 0.15) is 5.75 Å². The van der Waals surface area contributed by atoms with Gasteiger partial charge in [-0.25, -0.2) is 4.79 Å². The van der Waals surface area contributed by atoms with Gasteiger partial charge < -0.3 is 14.8 Å². The first-order valence-corrected chi connectivity index (χ1v) is 6.52. The van der Waals surface area contributed by atoms with Crippen molar-refractivity contribution < 1.29 is 14.3 Å². The maximum Gasteiger partial charge on any atom is 0.332 e. The Hall–Kier alpha value is -1.68. The number of carbonyl (C=O) groups is 1. The molecule has 1 aliphatic rings. The zero-order valence-corrected chi connectivity index (χ0v) is 11.7. The molecule has 1 aromatic carbocycles. The van der Waals surface area contributed by atoms with Gasteiger partial charge in [-0.05, 0) is 31.0 Å². The van der Waals surface area contributed by atoms with Crippen LogP contribution in [0.2, 0.25) is 5.02 Å². The van der Waals surface area contributed by atoms with Crippen molar-refractivity contribution in [3.8, 4) is 5.75 Å². The summed E-state index contributed by atoms with van der Waals surface area (Å²) in [6.07, 6.45) is 2.33. The van der Waals surface area contributed by atoms with Crippen molar-refractivity contribution in [3.63, 3.8) is 0 Å². The number of nitrogens with one attached hydrogen (secondary N) is 1. The molecule has 19 heavy (non-hydrogen) atoms. The van der Waals surface area contributed by atoms with E-state index in [1.807, 2.05) is 12.1 Å². The molecule has 0 bridgehead atoms. The minimum Gasteiger partial charge on any atom is -0.495 e. The molecular formula is C14H16ClNO3. The van der Waals surface area contributed by atoms with E-state index in [9.17, 15) is 4.79 Å². The van der Waals surface area contributed by atoms with E-state index in [1.165, 1.54) is 6.08 Å². The van der Waals surface area contributed by atoms with Crippen LogP contribution in [-0.4, -0.2) is 26.2 Å². The molecule has 0 fully saturated rings. The average molecular weight is 282 g/mol. The van der Waals surface area contributed by atoms with Gasteiger partial charge in [0.15, 0.2) is 0 Å². The smallest absolute Gasteiger partial charge is 0.332 e. The van der Waals surface area contributed by atoms with E-state index in [4.69, 9.17) is 21.1 Å². The van der Waals surface area contributed by atoms with Crippen LogP contribution in [0.4, 0.5) is 0 Å². The number of fused-ring (bicyclic) bond motifs is 1. The quantitative estimate of drug-likeness (QED) is 0.683. The second kappa shape index (κ2) is 5.97. The summed E-state index contributed by atoms with van der Waals surface area (Å²) in [5.41, 5.74) is 2.77. The highest BCUT2D eigenvalue weighted by atomic mass is 35.5. The van der Waals surface area contributed by atoms with Gasteiger partial charge in [-0.2, -0.15) is 0 Å². The van der Waals surface area contributed by atoms with Crippen LogP contribution in [0.25, 0.3) is 5.70 Å². The van der Waals surface area contributed by atoms with Crippen molar-refractivity contribution in [2.75, 3.05) is 20.3 Å². The minimum atomic E-state index is -0.355. The van der Waals surface area contributed by atoms with Gasteiger partial charge in [0.05, 0.1) is 18.7 Å². The van der Waals surface area contributed by atoms with Crippen LogP contribution in [-0.2, 0) is 16.0 Å². The fourth-order valence-corrected chi connectivity index (χ4v) is 2.33. The zero-order valence-electron chi connectivity index (χ0n) is 11.0. The zero-order chi connectivity index (χ0) is 13.8. The maximum atomic E-state index is 11.5. The maximum absolute atomic E-state index is 11.5. The van der Waals surface area contributed by atoms with Gasteiger partial charge >= 0.3 is 5.97 Å². The second-order valence-corrected chi connectivity index (χ2v) is 4.54. The van der Waals surface area contributed by atoms with Gasteiger partial charge in [-0.3, -0.25) is 0 Å². The van der Waals surface area contributed by atoms with E-state index < -0.39 is 0 Å². The average Bonchev–Trinajstić information content (AvgIpc) is 2.38. The number of hydrogen-bond acceptors (Lipinski definition) is 4. The lowest BCUT2D eigenvalue weighted by Crippen LogP contribution is -2.23. The van der Waals surface area contributed by atoms with Crippen molar-refractivity contribution in [1.82, 2.24) is 5.32 Å². The highest BCUT2D eigenvalue weighted by Gasteiger charge is 2.17. The summed E-state index contributed by atoms with van der Waals surface area (Å²) in [5.74, 6) is 0.241. The van der Waals surface area contributed by atoms with E-state index >= 15 is 0 Å². The summed E-state index contributed by atoms with van der Waals surface area (Å²) in [5, 5.41) is 3.78. The number of rotatable bonds is 3. The molecule has 0 spiro atoms. The number of hydrogen-bond donors (Lipinski definition) is 1. The lowest BCUT2D eigenvalue weighted by atomic mass is 9.97. The molecule has 4 nitrogen and oxygen atoms in total. The molecular weight excluding hydrogens is 266 g/mol. The number of halogens is 1. The number of benzene rings is 1. The summed E-state index contributed by atoms with van der Waals surface area (Å²) in [4.78, 5) is 11.5. The standard InChI is InChI=1S/C14H16ClNO3/c1-3-19-14(17)8-12-10-7-13(18-2)11(15)6-9(10)4-5-16-12/h6-8,16H,3-5H2,1-2H3/b12-8-. The Bertz CT molecular complexity index is 526. The normalized spacial score (nSPS) is 15.6. The first kappa shape index (κ1) is 13.7. The van der Waals surface area contributed by atoms with Gasteiger partial charge in [0.25, 0.3) is 0 Å². The predicted octanol–water partition coefficient (Wildman–Crippen LogP) is 2.40. The summed E-state index contributed by atoms with van der Waals surface area (Å²) in [6.45, 7) is 2.90. The van der Waals surface area contributed by atoms with Crippen molar-refractivity contribution >= 4 is 23.3 Å². The molecule has 1 heterocycles. The second-order valence-electron chi connectivity index (χ2n) is 4.13. The molecule has 102 valence electrons. The number of ether oxygens (including phenoxy) is 2. The van der Waals surface area contributed by atoms with Crippen LogP contribution < -0.4 is 10.1 Å². The van der Waals surface area contributed by atoms with E-state index in [1.54, 1.807) is 14.0 Å². The Balaban J connectivity index is 2.40.